The van der Waals surface area contributed by atoms with Crippen LogP contribution in [0.4, 0.5) is 24.5 Å². The van der Waals surface area contributed by atoms with E-state index in [1.165, 1.54) is 18.3 Å². The third-order valence-corrected chi connectivity index (χ3v) is 4.14. The molecule has 148 valence electrons. The zero-order chi connectivity index (χ0) is 20.9. The van der Waals surface area contributed by atoms with Gasteiger partial charge in [0.2, 0.25) is 0 Å². The van der Waals surface area contributed by atoms with Crippen molar-refractivity contribution in [2.24, 2.45) is 5.10 Å². The molecule has 0 aliphatic heterocycles. The third-order valence-electron chi connectivity index (χ3n) is 3.89. The molecule has 0 saturated carbocycles. The first kappa shape index (κ1) is 20.4. The number of halogens is 4. The van der Waals surface area contributed by atoms with E-state index < -0.39 is 17.6 Å². The number of hydrogen-bond acceptors (Lipinski definition) is 3. The monoisotopic (exact) mass is 417 g/mol. The summed E-state index contributed by atoms with van der Waals surface area (Å²) in [6, 6.07) is 18.1. The van der Waals surface area contributed by atoms with Crippen LogP contribution < -0.4 is 10.7 Å². The Bertz CT molecular complexity index is 1030. The van der Waals surface area contributed by atoms with E-state index in [0.717, 1.165) is 17.7 Å². The fourth-order valence-electron chi connectivity index (χ4n) is 2.49. The summed E-state index contributed by atoms with van der Waals surface area (Å²) in [5, 5.41) is 7.33. The highest BCUT2D eigenvalue weighted by molar-refractivity contribution is 6.30. The number of amides is 1. The standard InChI is InChI=1S/C21H15ClF3N3O/c22-16-10-8-14(9-11-16)13-26-28-20(29)18-6-1-2-7-19(18)27-17-5-3-4-15(12-17)21(23,24)25/h1-13,27H,(H,28,29)/b26-13+. The van der Waals surface area contributed by atoms with Gasteiger partial charge >= 0.3 is 6.18 Å². The molecular formula is C21H15ClF3N3O. The Morgan fingerprint density at radius 2 is 1.69 bits per heavy atom. The van der Waals surface area contributed by atoms with Gasteiger partial charge in [0, 0.05) is 10.7 Å². The molecule has 0 aromatic heterocycles. The molecule has 3 aromatic carbocycles. The lowest BCUT2D eigenvalue weighted by atomic mass is 10.1. The van der Waals surface area contributed by atoms with E-state index in [1.54, 1.807) is 48.5 Å². The van der Waals surface area contributed by atoms with Crippen molar-refractivity contribution in [1.82, 2.24) is 5.43 Å². The molecule has 2 N–H and O–H groups in total. The van der Waals surface area contributed by atoms with Crippen molar-refractivity contribution in [3.8, 4) is 0 Å². The number of alkyl halides is 3. The van der Waals surface area contributed by atoms with E-state index in [2.05, 4.69) is 15.8 Å². The van der Waals surface area contributed by atoms with Gasteiger partial charge in [-0.2, -0.15) is 18.3 Å². The topological polar surface area (TPSA) is 53.5 Å². The second-order valence-corrected chi connectivity index (χ2v) is 6.44. The molecule has 0 unspecified atom stereocenters. The van der Waals surface area contributed by atoms with Crippen molar-refractivity contribution in [3.63, 3.8) is 0 Å². The molecule has 3 aromatic rings. The Hall–Kier alpha value is -3.32. The molecule has 0 radical (unpaired) electrons. The van der Waals surface area contributed by atoms with Crippen LogP contribution in [0.15, 0.2) is 77.9 Å². The molecule has 0 bridgehead atoms. The lowest BCUT2D eigenvalue weighted by molar-refractivity contribution is -0.137. The number of hydrazone groups is 1. The summed E-state index contributed by atoms with van der Waals surface area (Å²) in [6.07, 6.45) is -3.00. The maximum absolute atomic E-state index is 12.9. The number of carbonyl (C=O) groups is 1. The maximum atomic E-state index is 12.9. The average molecular weight is 418 g/mol. The first-order valence-electron chi connectivity index (χ1n) is 8.45. The van der Waals surface area contributed by atoms with Crippen molar-refractivity contribution in [2.45, 2.75) is 6.18 Å². The van der Waals surface area contributed by atoms with Crippen LogP contribution in [-0.4, -0.2) is 12.1 Å². The smallest absolute Gasteiger partial charge is 0.355 e. The van der Waals surface area contributed by atoms with Gasteiger partial charge in [-0.25, -0.2) is 5.43 Å². The summed E-state index contributed by atoms with van der Waals surface area (Å²) >= 11 is 5.81. The van der Waals surface area contributed by atoms with Crippen LogP contribution in [0.5, 0.6) is 0 Å². The predicted molar refractivity (Wildman–Crippen MR) is 108 cm³/mol. The van der Waals surface area contributed by atoms with E-state index in [4.69, 9.17) is 11.6 Å². The Kier molecular flexibility index (Phi) is 6.19. The minimum atomic E-state index is -4.45. The normalized spacial score (nSPS) is 11.4. The molecular weight excluding hydrogens is 403 g/mol. The van der Waals surface area contributed by atoms with E-state index in [0.29, 0.717) is 10.7 Å². The van der Waals surface area contributed by atoms with E-state index in [1.807, 2.05) is 0 Å². The Balaban J connectivity index is 1.75. The molecule has 0 atom stereocenters. The van der Waals surface area contributed by atoms with E-state index in [-0.39, 0.29) is 11.3 Å². The van der Waals surface area contributed by atoms with Crippen LogP contribution in [-0.2, 0) is 6.18 Å². The highest BCUT2D eigenvalue weighted by Gasteiger charge is 2.30. The number of hydrogen-bond donors (Lipinski definition) is 2. The molecule has 0 saturated heterocycles. The van der Waals surface area contributed by atoms with Crippen LogP contribution in [0.2, 0.25) is 5.02 Å². The lowest BCUT2D eigenvalue weighted by Gasteiger charge is -2.13. The largest absolute Gasteiger partial charge is 0.416 e. The maximum Gasteiger partial charge on any atom is 0.416 e. The molecule has 29 heavy (non-hydrogen) atoms. The van der Waals surface area contributed by atoms with Crippen LogP contribution in [0.3, 0.4) is 0 Å². The number of benzene rings is 3. The fourth-order valence-corrected chi connectivity index (χ4v) is 2.62. The molecule has 8 heteroatoms. The minimum Gasteiger partial charge on any atom is -0.355 e. The van der Waals surface area contributed by atoms with Crippen molar-refractivity contribution in [2.75, 3.05) is 5.32 Å². The van der Waals surface area contributed by atoms with Gasteiger partial charge in [0.15, 0.2) is 0 Å². The zero-order valence-corrected chi connectivity index (χ0v) is 15.6. The van der Waals surface area contributed by atoms with Gasteiger partial charge in [-0.1, -0.05) is 41.9 Å². The number of rotatable bonds is 5. The minimum absolute atomic E-state index is 0.213. The number of carbonyl (C=O) groups excluding carboxylic acids is 1. The first-order chi connectivity index (χ1) is 13.8. The molecule has 4 nitrogen and oxygen atoms in total. The van der Waals surface area contributed by atoms with Crippen molar-refractivity contribution in [3.05, 3.63) is 94.5 Å². The van der Waals surface area contributed by atoms with E-state index in [9.17, 15) is 18.0 Å². The van der Waals surface area contributed by atoms with Gasteiger partial charge in [0.25, 0.3) is 5.91 Å². The number of anilines is 2. The van der Waals surface area contributed by atoms with Gasteiger partial charge < -0.3 is 5.32 Å². The number of nitrogens with zero attached hydrogens (tertiary/aromatic N) is 1. The second-order valence-electron chi connectivity index (χ2n) is 6.00. The summed E-state index contributed by atoms with van der Waals surface area (Å²) in [5.41, 5.74) is 3.16. The summed E-state index contributed by atoms with van der Waals surface area (Å²) in [4.78, 5) is 12.5. The Morgan fingerprint density at radius 1 is 0.966 bits per heavy atom. The van der Waals surface area contributed by atoms with Crippen molar-refractivity contribution < 1.29 is 18.0 Å². The fraction of sp³-hybridized carbons (Fsp3) is 0.0476. The zero-order valence-electron chi connectivity index (χ0n) is 14.9. The summed E-state index contributed by atoms with van der Waals surface area (Å²) in [6.45, 7) is 0. The summed E-state index contributed by atoms with van der Waals surface area (Å²) in [7, 11) is 0. The van der Waals surface area contributed by atoms with Crippen LogP contribution in [0.25, 0.3) is 0 Å². The van der Waals surface area contributed by atoms with Crippen molar-refractivity contribution >= 4 is 35.1 Å². The average Bonchev–Trinajstić information content (AvgIpc) is 2.69. The van der Waals surface area contributed by atoms with Crippen LogP contribution in [0, 0.1) is 0 Å². The molecule has 3 rings (SSSR count). The van der Waals surface area contributed by atoms with Crippen molar-refractivity contribution in [1.29, 1.82) is 0 Å². The molecule has 0 fully saturated rings. The summed E-state index contributed by atoms with van der Waals surface area (Å²) < 4.78 is 38.7. The molecule has 0 aliphatic rings. The van der Waals surface area contributed by atoms with Crippen LogP contribution in [0.1, 0.15) is 21.5 Å². The third kappa shape index (κ3) is 5.58. The Labute approximate surface area is 170 Å². The van der Waals surface area contributed by atoms with Gasteiger partial charge in [-0.05, 0) is 48.0 Å². The van der Waals surface area contributed by atoms with E-state index >= 15 is 0 Å². The number of nitrogens with one attached hydrogen (secondary N) is 2. The SMILES string of the molecule is O=C(N/N=C/c1ccc(Cl)cc1)c1ccccc1Nc1cccc(C(F)(F)F)c1. The molecule has 0 heterocycles. The second kappa shape index (κ2) is 8.79. The molecule has 1 amide bonds. The van der Waals surface area contributed by atoms with Gasteiger partial charge in [0.1, 0.15) is 0 Å². The highest BCUT2D eigenvalue weighted by Crippen LogP contribution is 2.31. The molecule has 0 aliphatic carbocycles. The predicted octanol–water partition coefficient (Wildman–Crippen LogP) is 5.87. The quantitative estimate of drug-likeness (QED) is 0.403. The first-order valence-corrected chi connectivity index (χ1v) is 8.83. The van der Waals surface area contributed by atoms with Crippen LogP contribution >= 0.6 is 11.6 Å². The summed E-state index contributed by atoms with van der Waals surface area (Å²) in [5.74, 6) is -0.509. The van der Waals surface area contributed by atoms with Gasteiger partial charge in [-0.15, -0.1) is 0 Å². The molecule has 0 spiro atoms. The van der Waals surface area contributed by atoms with Gasteiger partial charge in [0.05, 0.1) is 23.0 Å². The van der Waals surface area contributed by atoms with Gasteiger partial charge in [-0.3, -0.25) is 4.79 Å². The number of para-hydroxylation sites is 1. The highest BCUT2D eigenvalue weighted by atomic mass is 35.5. The lowest BCUT2D eigenvalue weighted by Crippen LogP contribution is -2.19. The Morgan fingerprint density at radius 3 is 2.41 bits per heavy atom.